The molecule has 2 aromatic rings. The van der Waals surface area contributed by atoms with Crippen molar-refractivity contribution in [1.29, 1.82) is 0 Å². The highest BCUT2D eigenvalue weighted by atomic mass is 79.9. The quantitative estimate of drug-likeness (QED) is 0.851. The highest BCUT2D eigenvalue weighted by Gasteiger charge is 2.17. The second-order valence-corrected chi connectivity index (χ2v) is 6.83. The molecule has 1 heterocycles. The summed E-state index contributed by atoms with van der Waals surface area (Å²) in [6.07, 6.45) is 2.64. The Bertz CT molecular complexity index is 712. The smallest absolute Gasteiger partial charge is 0.265 e. The second-order valence-electron chi connectivity index (χ2n) is 4.23. The SMILES string of the molecule is Cc1ccc(Br)cc1NS(=O)(=O)c1cnn(CCO)c1. The molecule has 0 aliphatic rings. The lowest BCUT2D eigenvalue weighted by Crippen LogP contribution is -2.13. The number of benzene rings is 1. The lowest BCUT2D eigenvalue weighted by Gasteiger charge is -2.09. The molecule has 1 aromatic carbocycles. The van der Waals surface area contributed by atoms with Gasteiger partial charge in [-0.15, -0.1) is 0 Å². The van der Waals surface area contributed by atoms with E-state index in [1.165, 1.54) is 17.1 Å². The molecule has 108 valence electrons. The number of nitrogens with zero attached hydrogens (tertiary/aromatic N) is 2. The van der Waals surface area contributed by atoms with Crippen LogP contribution in [0.4, 0.5) is 5.69 Å². The van der Waals surface area contributed by atoms with E-state index in [-0.39, 0.29) is 18.0 Å². The number of hydrogen-bond donors (Lipinski definition) is 2. The lowest BCUT2D eigenvalue weighted by atomic mass is 10.2. The van der Waals surface area contributed by atoms with Gasteiger partial charge in [0.2, 0.25) is 0 Å². The summed E-state index contributed by atoms with van der Waals surface area (Å²) in [5.41, 5.74) is 1.33. The summed E-state index contributed by atoms with van der Waals surface area (Å²) < 4.78 is 29.2. The summed E-state index contributed by atoms with van der Waals surface area (Å²) in [5, 5.41) is 12.7. The van der Waals surface area contributed by atoms with Gasteiger partial charge in [0.25, 0.3) is 10.0 Å². The van der Waals surface area contributed by atoms with Crippen LogP contribution in [0.15, 0.2) is 40.0 Å². The van der Waals surface area contributed by atoms with Crippen LogP contribution in [0.25, 0.3) is 0 Å². The van der Waals surface area contributed by atoms with Crippen LogP contribution in [-0.2, 0) is 16.6 Å². The average Bonchev–Trinajstić information content (AvgIpc) is 2.83. The van der Waals surface area contributed by atoms with Gasteiger partial charge >= 0.3 is 0 Å². The number of hydrogen-bond acceptors (Lipinski definition) is 4. The molecule has 0 amide bonds. The zero-order valence-electron chi connectivity index (χ0n) is 10.7. The first-order chi connectivity index (χ1) is 9.42. The first kappa shape index (κ1) is 15.0. The van der Waals surface area contributed by atoms with E-state index in [0.717, 1.165) is 10.0 Å². The number of aromatic nitrogens is 2. The molecule has 0 spiro atoms. The van der Waals surface area contributed by atoms with E-state index >= 15 is 0 Å². The molecular weight excluding hydrogens is 346 g/mol. The van der Waals surface area contributed by atoms with E-state index in [2.05, 4.69) is 25.8 Å². The number of aliphatic hydroxyl groups excluding tert-OH is 1. The highest BCUT2D eigenvalue weighted by Crippen LogP contribution is 2.23. The third kappa shape index (κ3) is 3.38. The molecule has 0 unspecified atom stereocenters. The van der Waals surface area contributed by atoms with Gasteiger partial charge in [-0.3, -0.25) is 9.40 Å². The van der Waals surface area contributed by atoms with Crippen molar-refractivity contribution < 1.29 is 13.5 Å². The van der Waals surface area contributed by atoms with Gasteiger partial charge in [-0.25, -0.2) is 8.42 Å². The minimum absolute atomic E-state index is 0.0605. The molecule has 0 bridgehead atoms. The topological polar surface area (TPSA) is 84.2 Å². The van der Waals surface area contributed by atoms with Crippen LogP contribution in [-0.4, -0.2) is 29.9 Å². The number of sulfonamides is 1. The molecule has 1 aromatic heterocycles. The largest absolute Gasteiger partial charge is 0.394 e. The molecule has 20 heavy (non-hydrogen) atoms. The van der Waals surface area contributed by atoms with Crippen LogP contribution in [0.5, 0.6) is 0 Å². The Morgan fingerprint density at radius 1 is 1.45 bits per heavy atom. The number of halogens is 1. The molecular formula is C12H14BrN3O3S. The first-order valence-corrected chi connectivity index (χ1v) is 8.12. The van der Waals surface area contributed by atoms with Crippen LogP contribution in [0, 0.1) is 6.92 Å². The van der Waals surface area contributed by atoms with Crippen LogP contribution in [0.3, 0.4) is 0 Å². The fraction of sp³-hybridized carbons (Fsp3) is 0.250. The van der Waals surface area contributed by atoms with E-state index in [4.69, 9.17) is 5.11 Å². The van der Waals surface area contributed by atoms with Crippen molar-refractivity contribution in [3.05, 3.63) is 40.6 Å². The van der Waals surface area contributed by atoms with Crippen LogP contribution in [0.1, 0.15) is 5.56 Å². The van der Waals surface area contributed by atoms with Crippen molar-refractivity contribution in [2.45, 2.75) is 18.4 Å². The number of anilines is 1. The van der Waals surface area contributed by atoms with Gasteiger partial charge in [0.15, 0.2) is 0 Å². The normalized spacial score (nSPS) is 11.6. The standard InChI is InChI=1S/C12H14BrN3O3S/c1-9-2-3-10(13)6-12(9)15-20(18,19)11-7-14-16(8-11)4-5-17/h2-3,6-8,15,17H,4-5H2,1H3. The molecule has 2 rings (SSSR count). The molecule has 0 aliphatic carbocycles. The summed E-state index contributed by atoms with van der Waals surface area (Å²) in [7, 11) is -3.69. The third-order valence-electron chi connectivity index (χ3n) is 2.69. The number of aliphatic hydroxyl groups is 1. The Morgan fingerprint density at radius 3 is 2.90 bits per heavy atom. The van der Waals surface area contributed by atoms with Gasteiger partial charge in [-0.05, 0) is 24.6 Å². The van der Waals surface area contributed by atoms with Gasteiger partial charge in [0, 0.05) is 10.7 Å². The van der Waals surface area contributed by atoms with Crippen LogP contribution >= 0.6 is 15.9 Å². The second kappa shape index (κ2) is 5.94. The third-order valence-corrected chi connectivity index (χ3v) is 4.51. The van der Waals surface area contributed by atoms with Gasteiger partial charge in [0.05, 0.1) is 25.0 Å². The molecule has 0 saturated heterocycles. The minimum Gasteiger partial charge on any atom is -0.394 e. The molecule has 2 N–H and O–H groups in total. The maximum atomic E-state index is 12.2. The molecule has 0 fully saturated rings. The van der Waals surface area contributed by atoms with Crippen molar-refractivity contribution in [1.82, 2.24) is 9.78 Å². The fourth-order valence-electron chi connectivity index (χ4n) is 1.62. The Hall–Kier alpha value is -1.38. The minimum atomic E-state index is -3.69. The maximum absolute atomic E-state index is 12.2. The van der Waals surface area contributed by atoms with E-state index < -0.39 is 10.0 Å². The monoisotopic (exact) mass is 359 g/mol. The molecule has 6 nitrogen and oxygen atoms in total. The maximum Gasteiger partial charge on any atom is 0.265 e. The number of rotatable bonds is 5. The highest BCUT2D eigenvalue weighted by molar-refractivity contribution is 9.10. The van der Waals surface area contributed by atoms with Gasteiger partial charge in [-0.2, -0.15) is 5.10 Å². The van der Waals surface area contributed by atoms with Crippen LogP contribution in [0.2, 0.25) is 0 Å². The summed E-state index contributed by atoms with van der Waals surface area (Å²) in [4.78, 5) is 0.0605. The Balaban J connectivity index is 2.28. The van der Waals surface area contributed by atoms with Gasteiger partial charge in [-0.1, -0.05) is 22.0 Å². The average molecular weight is 360 g/mol. The van der Waals surface area contributed by atoms with E-state index in [1.54, 1.807) is 6.07 Å². The Morgan fingerprint density at radius 2 is 2.20 bits per heavy atom. The van der Waals surface area contributed by atoms with Crippen molar-refractivity contribution >= 4 is 31.6 Å². The lowest BCUT2D eigenvalue weighted by molar-refractivity contribution is 0.269. The van der Waals surface area contributed by atoms with Crippen molar-refractivity contribution in [2.24, 2.45) is 0 Å². The van der Waals surface area contributed by atoms with Gasteiger partial charge < -0.3 is 5.11 Å². The molecule has 8 heteroatoms. The molecule has 0 saturated carbocycles. The Labute approximate surface area is 125 Å². The first-order valence-electron chi connectivity index (χ1n) is 5.84. The van der Waals surface area contributed by atoms with E-state index in [0.29, 0.717) is 5.69 Å². The van der Waals surface area contributed by atoms with Crippen molar-refractivity contribution in [3.63, 3.8) is 0 Å². The summed E-state index contributed by atoms with van der Waals surface area (Å²) in [6, 6.07) is 5.36. The number of aryl methyl sites for hydroxylation is 1. The van der Waals surface area contributed by atoms with E-state index in [9.17, 15) is 8.42 Å². The molecule has 0 atom stereocenters. The predicted molar refractivity (Wildman–Crippen MR) is 79.0 cm³/mol. The van der Waals surface area contributed by atoms with Gasteiger partial charge in [0.1, 0.15) is 4.90 Å². The predicted octanol–water partition coefficient (Wildman–Crippen LogP) is 1.75. The van der Waals surface area contributed by atoms with Crippen molar-refractivity contribution in [3.8, 4) is 0 Å². The Kier molecular flexibility index (Phi) is 4.46. The van der Waals surface area contributed by atoms with E-state index in [1.807, 2.05) is 19.1 Å². The number of nitrogens with one attached hydrogen (secondary N) is 1. The zero-order valence-corrected chi connectivity index (χ0v) is 13.1. The summed E-state index contributed by atoms with van der Waals surface area (Å²) in [5.74, 6) is 0. The molecule has 0 aliphatic heterocycles. The van der Waals surface area contributed by atoms with Crippen LogP contribution < -0.4 is 4.72 Å². The fourth-order valence-corrected chi connectivity index (χ4v) is 3.05. The molecule has 0 radical (unpaired) electrons. The summed E-state index contributed by atoms with van der Waals surface area (Å²) >= 11 is 3.31. The van der Waals surface area contributed by atoms with Crippen molar-refractivity contribution in [2.75, 3.05) is 11.3 Å². The summed E-state index contributed by atoms with van der Waals surface area (Å²) in [6.45, 7) is 1.98. The zero-order chi connectivity index (χ0) is 14.8.